The van der Waals surface area contributed by atoms with Crippen LogP contribution >= 0.6 is 0 Å². The summed E-state index contributed by atoms with van der Waals surface area (Å²) in [5.41, 5.74) is 6.90. The third-order valence-electron chi connectivity index (χ3n) is 2.77. The van der Waals surface area contributed by atoms with E-state index in [2.05, 4.69) is 5.32 Å². The molecule has 1 aliphatic rings. The summed E-state index contributed by atoms with van der Waals surface area (Å²) in [6.07, 6.45) is 3.44. The smallest absolute Gasteiger partial charge is 0.146 e. The van der Waals surface area contributed by atoms with Gasteiger partial charge in [0.05, 0.1) is 5.69 Å². The van der Waals surface area contributed by atoms with Crippen LogP contribution in [0.3, 0.4) is 0 Å². The Labute approximate surface area is 83.3 Å². The Balaban J connectivity index is 2.26. The molecule has 1 heterocycles. The second-order valence-electron chi connectivity index (χ2n) is 3.75. The van der Waals surface area contributed by atoms with Crippen molar-refractivity contribution in [2.24, 2.45) is 0 Å². The van der Waals surface area contributed by atoms with Gasteiger partial charge in [-0.2, -0.15) is 0 Å². The summed E-state index contributed by atoms with van der Waals surface area (Å²) in [6.45, 7) is 1.00. The Morgan fingerprint density at radius 3 is 2.93 bits per heavy atom. The lowest BCUT2D eigenvalue weighted by atomic mass is 9.96. The number of hydrogen-bond acceptors (Lipinski definition) is 2. The lowest BCUT2D eigenvalue weighted by molar-refractivity contribution is 0.412. The number of hydrogen-bond donors (Lipinski definition) is 2. The Morgan fingerprint density at radius 1 is 1.36 bits per heavy atom. The van der Waals surface area contributed by atoms with E-state index < -0.39 is 0 Å². The topological polar surface area (TPSA) is 38.0 Å². The molecular weight excluding hydrogens is 179 g/mol. The highest BCUT2D eigenvalue weighted by atomic mass is 19.1. The fourth-order valence-corrected chi connectivity index (χ4v) is 1.97. The molecule has 1 aliphatic heterocycles. The van der Waals surface area contributed by atoms with Gasteiger partial charge in [-0.05, 0) is 31.0 Å². The number of benzene rings is 1. The number of rotatable bonds is 1. The van der Waals surface area contributed by atoms with Crippen LogP contribution in [0.25, 0.3) is 0 Å². The highest BCUT2D eigenvalue weighted by Crippen LogP contribution is 2.28. The fourth-order valence-electron chi connectivity index (χ4n) is 1.97. The first-order valence-corrected chi connectivity index (χ1v) is 5.06. The number of nitrogen functional groups attached to an aromatic ring is 1. The molecule has 14 heavy (non-hydrogen) atoms. The summed E-state index contributed by atoms with van der Waals surface area (Å²) in [5, 5.41) is 3.36. The summed E-state index contributed by atoms with van der Waals surface area (Å²) in [5.74, 6) is -0.310. The van der Waals surface area contributed by atoms with Crippen LogP contribution in [0.15, 0.2) is 18.2 Å². The van der Waals surface area contributed by atoms with E-state index in [1.807, 2.05) is 6.07 Å². The Kier molecular flexibility index (Phi) is 2.68. The number of nitrogens with one attached hydrogen (secondary N) is 1. The molecule has 1 unspecified atom stereocenters. The zero-order chi connectivity index (χ0) is 9.97. The maximum Gasteiger partial charge on any atom is 0.146 e. The molecule has 2 nitrogen and oxygen atoms in total. The summed E-state index contributed by atoms with van der Waals surface area (Å²) >= 11 is 0. The molecule has 0 saturated carbocycles. The second kappa shape index (κ2) is 3.96. The standard InChI is InChI=1S/C11H15FN2/c12-9-5-3-4-8(11(9)13)10-6-1-2-7-14-10/h3-5,10,14H,1-2,6-7,13H2. The van der Waals surface area contributed by atoms with E-state index in [-0.39, 0.29) is 11.9 Å². The molecule has 0 radical (unpaired) electrons. The molecule has 1 fully saturated rings. The van der Waals surface area contributed by atoms with Crippen molar-refractivity contribution in [2.45, 2.75) is 25.3 Å². The van der Waals surface area contributed by atoms with Crippen LogP contribution in [0.4, 0.5) is 10.1 Å². The summed E-state index contributed by atoms with van der Waals surface area (Å²) < 4.78 is 13.2. The van der Waals surface area contributed by atoms with E-state index in [0.29, 0.717) is 5.69 Å². The number of halogens is 1. The third kappa shape index (κ3) is 1.73. The Hall–Kier alpha value is -1.09. The van der Waals surface area contributed by atoms with Gasteiger partial charge in [-0.1, -0.05) is 18.6 Å². The summed E-state index contributed by atoms with van der Waals surface area (Å²) in [7, 11) is 0. The molecule has 1 aromatic rings. The van der Waals surface area contributed by atoms with Crippen LogP contribution < -0.4 is 11.1 Å². The van der Waals surface area contributed by atoms with Gasteiger partial charge >= 0.3 is 0 Å². The highest BCUT2D eigenvalue weighted by molar-refractivity contribution is 5.49. The molecule has 0 aromatic heterocycles. The average molecular weight is 194 g/mol. The van der Waals surface area contributed by atoms with E-state index >= 15 is 0 Å². The molecule has 3 N–H and O–H groups in total. The zero-order valence-corrected chi connectivity index (χ0v) is 8.09. The molecule has 0 bridgehead atoms. The maximum atomic E-state index is 13.2. The predicted molar refractivity (Wildman–Crippen MR) is 55.4 cm³/mol. The molecule has 1 aromatic carbocycles. The van der Waals surface area contributed by atoms with E-state index in [9.17, 15) is 4.39 Å². The molecular formula is C11H15FN2. The number of piperidine rings is 1. The van der Waals surface area contributed by atoms with E-state index in [4.69, 9.17) is 5.73 Å². The fraction of sp³-hybridized carbons (Fsp3) is 0.455. The quantitative estimate of drug-likeness (QED) is 0.673. The minimum Gasteiger partial charge on any atom is -0.396 e. The summed E-state index contributed by atoms with van der Waals surface area (Å²) in [6, 6.07) is 5.26. The molecule has 1 atom stereocenters. The van der Waals surface area contributed by atoms with E-state index in [0.717, 1.165) is 18.5 Å². The van der Waals surface area contributed by atoms with Crippen molar-refractivity contribution in [3.63, 3.8) is 0 Å². The molecule has 0 aliphatic carbocycles. The van der Waals surface area contributed by atoms with Gasteiger partial charge in [0.15, 0.2) is 0 Å². The van der Waals surface area contributed by atoms with Crippen molar-refractivity contribution in [2.75, 3.05) is 12.3 Å². The van der Waals surface area contributed by atoms with Crippen molar-refractivity contribution in [3.8, 4) is 0 Å². The highest BCUT2D eigenvalue weighted by Gasteiger charge is 2.17. The van der Waals surface area contributed by atoms with Crippen LogP contribution in [0.2, 0.25) is 0 Å². The predicted octanol–water partition coefficient (Wildman–Crippen LogP) is 2.22. The second-order valence-corrected chi connectivity index (χ2v) is 3.75. The number of para-hydroxylation sites is 1. The van der Waals surface area contributed by atoms with Gasteiger partial charge in [0.25, 0.3) is 0 Å². The zero-order valence-electron chi connectivity index (χ0n) is 8.09. The lowest BCUT2D eigenvalue weighted by Gasteiger charge is -2.24. The third-order valence-corrected chi connectivity index (χ3v) is 2.77. The maximum absolute atomic E-state index is 13.2. The molecule has 1 saturated heterocycles. The molecule has 2 rings (SSSR count). The van der Waals surface area contributed by atoms with Crippen LogP contribution in [-0.4, -0.2) is 6.54 Å². The normalized spacial score (nSPS) is 22.2. The van der Waals surface area contributed by atoms with Crippen LogP contribution in [0.1, 0.15) is 30.9 Å². The monoisotopic (exact) mass is 194 g/mol. The van der Waals surface area contributed by atoms with Gasteiger partial charge in [0, 0.05) is 6.04 Å². The first-order chi connectivity index (χ1) is 6.79. The van der Waals surface area contributed by atoms with Crippen molar-refractivity contribution in [3.05, 3.63) is 29.6 Å². The number of nitrogens with two attached hydrogens (primary N) is 1. The van der Waals surface area contributed by atoms with Crippen LogP contribution in [0.5, 0.6) is 0 Å². The van der Waals surface area contributed by atoms with E-state index in [1.165, 1.54) is 18.9 Å². The Morgan fingerprint density at radius 2 is 2.21 bits per heavy atom. The van der Waals surface area contributed by atoms with Crippen LogP contribution in [-0.2, 0) is 0 Å². The van der Waals surface area contributed by atoms with Crippen molar-refractivity contribution in [1.82, 2.24) is 5.32 Å². The van der Waals surface area contributed by atoms with Gasteiger partial charge in [-0.15, -0.1) is 0 Å². The molecule has 76 valence electrons. The van der Waals surface area contributed by atoms with Gasteiger partial charge in [-0.25, -0.2) is 4.39 Å². The number of anilines is 1. The minimum atomic E-state index is -0.310. The van der Waals surface area contributed by atoms with Crippen molar-refractivity contribution in [1.29, 1.82) is 0 Å². The lowest BCUT2D eigenvalue weighted by Crippen LogP contribution is -2.27. The summed E-state index contributed by atoms with van der Waals surface area (Å²) in [4.78, 5) is 0. The van der Waals surface area contributed by atoms with Crippen molar-refractivity contribution >= 4 is 5.69 Å². The first kappa shape index (κ1) is 9.46. The van der Waals surface area contributed by atoms with Gasteiger partial charge in [0.2, 0.25) is 0 Å². The molecule has 3 heteroatoms. The minimum absolute atomic E-state index is 0.236. The first-order valence-electron chi connectivity index (χ1n) is 5.06. The SMILES string of the molecule is Nc1c(F)cccc1C1CCCCN1. The van der Waals surface area contributed by atoms with Crippen molar-refractivity contribution < 1.29 is 4.39 Å². The van der Waals surface area contributed by atoms with Gasteiger partial charge in [-0.3, -0.25) is 0 Å². The average Bonchev–Trinajstić information content (AvgIpc) is 2.23. The van der Waals surface area contributed by atoms with Gasteiger partial charge < -0.3 is 11.1 Å². The van der Waals surface area contributed by atoms with Crippen LogP contribution in [0, 0.1) is 5.82 Å². The molecule has 0 spiro atoms. The van der Waals surface area contributed by atoms with Gasteiger partial charge in [0.1, 0.15) is 5.82 Å². The Bertz CT molecular complexity index is 319. The molecule has 0 amide bonds. The van der Waals surface area contributed by atoms with E-state index in [1.54, 1.807) is 6.07 Å². The largest absolute Gasteiger partial charge is 0.396 e.